The van der Waals surface area contributed by atoms with Crippen molar-refractivity contribution in [2.45, 2.75) is 46.1 Å². The normalized spacial score (nSPS) is 15.4. The number of likely N-dealkylation sites (N-methyl/N-ethyl adjacent to an activating group) is 1. The molecule has 0 radical (unpaired) electrons. The molecule has 0 spiro atoms. The van der Waals surface area contributed by atoms with E-state index < -0.39 is 0 Å². The number of nitrogens with one attached hydrogen (secondary N) is 1. The first-order valence-corrected chi connectivity index (χ1v) is 10.7. The van der Waals surface area contributed by atoms with Gasteiger partial charge in [0.15, 0.2) is 5.43 Å². The van der Waals surface area contributed by atoms with Gasteiger partial charge in [0.1, 0.15) is 0 Å². The van der Waals surface area contributed by atoms with Crippen LogP contribution in [-0.4, -0.2) is 39.8 Å². The molecule has 0 saturated carbocycles. The molecule has 158 valence electrons. The molecular formula is C24H29ClN4O. The Morgan fingerprint density at radius 3 is 2.47 bits per heavy atom. The summed E-state index contributed by atoms with van der Waals surface area (Å²) in [6.45, 7) is 12.4. The minimum atomic E-state index is -0.0387. The number of hydrogen-bond acceptors (Lipinski definition) is 3. The van der Waals surface area contributed by atoms with E-state index in [1.807, 2.05) is 23.9 Å². The second kappa shape index (κ2) is 7.40. The van der Waals surface area contributed by atoms with Crippen molar-refractivity contribution in [1.29, 1.82) is 0 Å². The van der Waals surface area contributed by atoms with Crippen LogP contribution in [0.25, 0.3) is 22.4 Å². The van der Waals surface area contributed by atoms with Gasteiger partial charge in [0, 0.05) is 52.9 Å². The summed E-state index contributed by atoms with van der Waals surface area (Å²) < 4.78 is 1.97. The molecule has 5 nitrogen and oxygen atoms in total. The van der Waals surface area contributed by atoms with Gasteiger partial charge in [0.2, 0.25) is 0 Å². The first-order valence-electron chi connectivity index (χ1n) is 10.3. The Kier molecular flexibility index (Phi) is 5.15. The number of benzene rings is 1. The number of H-pyrrole nitrogens is 1. The zero-order chi connectivity index (χ0) is 21.8. The Morgan fingerprint density at radius 1 is 1.17 bits per heavy atom. The molecule has 1 N–H and O–H groups in total. The van der Waals surface area contributed by atoms with Gasteiger partial charge in [-0.05, 0) is 43.5 Å². The van der Waals surface area contributed by atoms with Crippen molar-refractivity contribution in [3.05, 3.63) is 62.7 Å². The van der Waals surface area contributed by atoms with Crippen molar-refractivity contribution in [1.82, 2.24) is 19.7 Å². The van der Waals surface area contributed by atoms with E-state index in [0.717, 1.165) is 51.8 Å². The van der Waals surface area contributed by atoms with Crippen molar-refractivity contribution < 1.29 is 0 Å². The molecule has 2 aromatic heterocycles. The number of hydrogen-bond donors (Lipinski definition) is 1. The first kappa shape index (κ1) is 20.9. The van der Waals surface area contributed by atoms with Crippen molar-refractivity contribution in [2.24, 2.45) is 0 Å². The van der Waals surface area contributed by atoms with E-state index in [1.165, 1.54) is 0 Å². The zero-order valence-electron chi connectivity index (χ0n) is 18.5. The summed E-state index contributed by atoms with van der Waals surface area (Å²) in [5.41, 5.74) is 6.25. The number of rotatable bonds is 3. The van der Waals surface area contributed by atoms with Gasteiger partial charge < -0.3 is 9.88 Å². The lowest BCUT2D eigenvalue weighted by molar-refractivity contribution is 0.130. The Morgan fingerprint density at radius 2 is 1.87 bits per heavy atom. The molecule has 4 rings (SSSR count). The molecule has 0 bridgehead atoms. The number of aryl methyl sites for hydroxylation is 2. The van der Waals surface area contributed by atoms with Crippen molar-refractivity contribution in [3.8, 4) is 22.4 Å². The Hall–Kier alpha value is -2.37. The maximum Gasteiger partial charge on any atom is 0.190 e. The molecule has 3 aromatic rings. The average Bonchev–Trinajstić information content (AvgIpc) is 3.08. The van der Waals surface area contributed by atoms with E-state index in [2.05, 4.69) is 55.8 Å². The lowest BCUT2D eigenvalue weighted by Gasteiger charge is -2.36. The SMILES string of the molecule is Cc1cc(C(C)(C)C)c(Cl)cc1-c1cc(=O)c(-c2cnn(C3CN(C)C3)c2)c(C)[nH]1. The highest BCUT2D eigenvalue weighted by molar-refractivity contribution is 6.31. The van der Waals surface area contributed by atoms with E-state index in [1.54, 1.807) is 12.3 Å². The molecule has 30 heavy (non-hydrogen) atoms. The van der Waals surface area contributed by atoms with Gasteiger partial charge in [-0.15, -0.1) is 0 Å². The van der Waals surface area contributed by atoms with Crippen molar-refractivity contribution in [3.63, 3.8) is 0 Å². The van der Waals surface area contributed by atoms with Crippen LogP contribution in [0.1, 0.15) is 43.6 Å². The number of likely N-dealkylation sites (tertiary alicyclic amines) is 1. The number of aromatic amines is 1. The summed E-state index contributed by atoms with van der Waals surface area (Å²) in [5, 5.41) is 5.21. The molecule has 0 unspecified atom stereocenters. The Balaban J connectivity index is 1.72. The predicted octanol–water partition coefficient (Wildman–Crippen LogP) is 4.96. The monoisotopic (exact) mass is 424 g/mol. The summed E-state index contributed by atoms with van der Waals surface area (Å²) in [5.74, 6) is 0. The molecule has 6 heteroatoms. The van der Waals surface area contributed by atoms with Crippen LogP contribution in [-0.2, 0) is 5.41 Å². The van der Waals surface area contributed by atoms with E-state index in [-0.39, 0.29) is 10.8 Å². The van der Waals surface area contributed by atoms with Gasteiger partial charge in [-0.1, -0.05) is 38.4 Å². The molecule has 3 heterocycles. The molecule has 1 saturated heterocycles. The zero-order valence-corrected chi connectivity index (χ0v) is 19.3. The minimum Gasteiger partial charge on any atom is -0.358 e. The molecule has 1 fully saturated rings. The number of halogens is 1. The minimum absolute atomic E-state index is 0.0121. The van der Waals surface area contributed by atoms with E-state index in [4.69, 9.17) is 11.6 Å². The molecule has 1 aliphatic heterocycles. The van der Waals surface area contributed by atoms with E-state index in [9.17, 15) is 4.79 Å². The third-order valence-corrected chi connectivity index (χ3v) is 6.25. The van der Waals surface area contributed by atoms with Crippen LogP contribution in [0.4, 0.5) is 0 Å². The fourth-order valence-corrected chi connectivity index (χ4v) is 4.69. The van der Waals surface area contributed by atoms with Gasteiger partial charge in [0.05, 0.1) is 17.8 Å². The lowest BCUT2D eigenvalue weighted by Crippen LogP contribution is -2.45. The first-order chi connectivity index (χ1) is 14.0. The lowest BCUT2D eigenvalue weighted by atomic mass is 9.85. The van der Waals surface area contributed by atoms with Gasteiger partial charge in [-0.3, -0.25) is 9.48 Å². The summed E-state index contributed by atoms with van der Waals surface area (Å²) in [7, 11) is 2.09. The molecule has 0 aliphatic carbocycles. The van der Waals surface area contributed by atoms with Crippen LogP contribution in [0, 0.1) is 13.8 Å². The van der Waals surface area contributed by atoms with Crippen LogP contribution < -0.4 is 5.43 Å². The van der Waals surface area contributed by atoms with E-state index in [0.29, 0.717) is 11.6 Å². The van der Waals surface area contributed by atoms with Gasteiger partial charge in [0.25, 0.3) is 0 Å². The summed E-state index contributed by atoms with van der Waals surface area (Å²) in [6.07, 6.45) is 3.77. The van der Waals surface area contributed by atoms with Crippen LogP contribution in [0.15, 0.2) is 35.4 Å². The summed E-state index contributed by atoms with van der Waals surface area (Å²) in [4.78, 5) is 18.7. The molecule has 1 aromatic carbocycles. The maximum atomic E-state index is 13.1. The molecular weight excluding hydrogens is 396 g/mol. The van der Waals surface area contributed by atoms with Gasteiger partial charge in [-0.25, -0.2) is 0 Å². The standard InChI is InChI=1S/C24H29ClN4O/c1-14-7-19(24(3,4)5)20(25)8-18(14)21-9-22(30)23(15(2)27-21)16-10-26-29(11-16)17-12-28(6)13-17/h7-11,17H,12-13H2,1-6H3,(H,27,30). The predicted molar refractivity (Wildman–Crippen MR) is 123 cm³/mol. The topological polar surface area (TPSA) is 53.9 Å². The fourth-order valence-electron chi connectivity index (χ4n) is 4.24. The van der Waals surface area contributed by atoms with Crippen molar-refractivity contribution in [2.75, 3.05) is 20.1 Å². The largest absolute Gasteiger partial charge is 0.358 e. The second-order valence-electron chi connectivity index (χ2n) is 9.53. The molecule has 0 atom stereocenters. The summed E-state index contributed by atoms with van der Waals surface area (Å²) in [6, 6.07) is 6.14. The third-order valence-electron chi connectivity index (χ3n) is 5.94. The van der Waals surface area contributed by atoms with Gasteiger partial charge in [-0.2, -0.15) is 5.10 Å². The van der Waals surface area contributed by atoms with E-state index >= 15 is 0 Å². The maximum absolute atomic E-state index is 13.1. The fraction of sp³-hybridized carbons (Fsp3) is 0.417. The Bertz CT molecular complexity index is 1160. The van der Waals surface area contributed by atoms with Crippen molar-refractivity contribution >= 4 is 11.6 Å². The highest BCUT2D eigenvalue weighted by Gasteiger charge is 2.26. The third kappa shape index (κ3) is 3.72. The highest BCUT2D eigenvalue weighted by Crippen LogP contribution is 2.35. The van der Waals surface area contributed by atoms with Crippen LogP contribution in [0.5, 0.6) is 0 Å². The highest BCUT2D eigenvalue weighted by atomic mass is 35.5. The number of pyridine rings is 1. The van der Waals surface area contributed by atoms with Crippen LogP contribution in [0.3, 0.4) is 0 Å². The molecule has 0 amide bonds. The Labute approximate surface area is 182 Å². The molecule has 1 aliphatic rings. The van der Waals surface area contributed by atoms with Gasteiger partial charge >= 0.3 is 0 Å². The average molecular weight is 425 g/mol. The second-order valence-corrected chi connectivity index (χ2v) is 9.94. The van der Waals surface area contributed by atoms with Crippen LogP contribution >= 0.6 is 11.6 Å². The quantitative estimate of drug-likeness (QED) is 0.646. The number of aromatic nitrogens is 3. The number of nitrogens with zero attached hydrogens (tertiary/aromatic N) is 3. The van der Waals surface area contributed by atoms with Crippen LogP contribution in [0.2, 0.25) is 5.02 Å². The smallest absolute Gasteiger partial charge is 0.190 e. The summed E-state index contributed by atoms with van der Waals surface area (Å²) >= 11 is 6.60.